The predicted octanol–water partition coefficient (Wildman–Crippen LogP) is 3.20. The summed E-state index contributed by atoms with van der Waals surface area (Å²) >= 11 is 0. The second-order valence-corrected chi connectivity index (χ2v) is 3.86. The van der Waals surface area contributed by atoms with Crippen molar-refractivity contribution in [2.75, 3.05) is 6.61 Å². The molecule has 2 nitrogen and oxygen atoms in total. The lowest BCUT2D eigenvalue weighted by Crippen LogP contribution is -2.24. The van der Waals surface area contributed by atoms with Gasteiger partial charge in [0.25, 0.3) is 0 Å². The summed E-state index contributed by atoms with van der Waals surface area (Å²) in [7, 11) is 0. The highest BCUT2D eigenvalue weighted by Gasteiger charge is 2.26. The van der Waals surface area contributed by atoms with Crippen molar-refractivity contribution < 1.29 is 18.6 Å². The Balaban J connectivity index is 2.95. The van der Waals surface area contributed by atoms with Gasteiger partial charge >= 0.3 is 0 Å². The number of hydrogen-bond donors (Lipinski definition) is 1. The third kappa shape index (κ3) is 3.48. The smallest absolute Gasteiger partial charge is 0.132 e. The first-order valence-corrected chi connectivity index (χ1v) is 5.85. The first kappa shape index (κ1) is 14.1. The van der Waals surface area contributed by atoms with Gasteiger partial charge in [0.05, 0.1) is 11.7 Å². The van der Waals surface area contributed by atoms with Gasteiger partial charge in [-0.2, -0.15) is 0 Å². The van der Waals surface area contributed by atoms with Gasteiger partial charge < -0.3 is 9.84 Å². The molecule has 0 radical (unpaired) electrons. The van der Waals surface area contributed by atoms with Crippen LogP contribution in [-0.2, 0) is 4.74 Å². The van der Waals surface area contributed by atoms with Gasteiger partial charge in [0.2, 0.25) is 0 Å². The molecule has 2 atom stereocenters. The van der Waals surface area contributed by atoms with E-state index in [9.17, 15) is 13.9 Å². The molecule has 96 valence electrons. The molecule has 1 rings (SSSR count). The number of aliphatic hydroxyl groups excluding tert-OH is 1. The van der Waals surface area contributed by atoms with Crippen molar-refractivity contribution in [3.05, 3.63) is 35.4 Å². The molecule has 1 N–H and O–H groups in total. The van der Waals surface area contributed by atoms with Crippen LogP contribution in [0.1, 0.15) is 38.4 Å². The summed E-state index contributed by atoms with van der Waals surface area (Å²) in [4.78, 5) is 0. The van der Waals surface area contributed by atoms with Gasteiger partial charge in [-0.15, -0.1) is 0 Å². The SMILES string of the molecule is CCCC(OCC)C(O)c1c(F)cccc1F. The van der Waals surface area contributed by atoms with Crippen molar-refractivity contribution >= 4 is 0 Å². The quantitative estimate of drug-likeness (QED) is 0.832. The molecule has 0 aliphatic rings. The lowest BCUT2D eigenvalue weighted by Gasteiger charge is -2.23. The maximum Gasteiger partial charge on any atom is 0.132 e. The Morgan fingerprint density at radius 1 is 1.24 bits per heavy atom. The maximum absolute atomic E-state index is 13.5. The average Bonchev–Trinajstić information content (AvgIpc) is 2.28. The molecule has 4 heteroatoms. The average molecular weight is 244 g/mol. The number of benzene rings is 1. The van der Waals surface area contributed by atoms with Crippen molar-refractivity contribution in [2.45, 2.75) is 38.9 Å². The Morgan fingerprint density at radius 3 is 2.29 bits per heavy atom. The highest BCUT2D eigenvalue weighted by Crippen LogP contribution is 2.27. The van der Waals surface area contributed by atoms with E-state index in [1.807, 2.05) is 6.92 Å². The third-order valence-electron chi connectivity index (χ3n) is 2.60. The minimum Gasteiger partial charge on any atom is -0.385 e. The third-order valence-corrected chi connectivity index (χ3v) is 2.60. The Bertz CT molecular complexity index is 329. The second kappa shape index (κ2) is 6.67. The fourth-order valence-corrected chi connectivity index (χ4v) is 1.81. The minimum absolute atomic E-state index is 0.306. The molecular formula is C13H18F2O2. The van der Waals surface area contributed by atoms with Gasteiger partial charge in [-0.25, -0.2) is 8.78 Å². The maximum atomic E-state index is 13.5. The summed E-state index contributed by atoms with van der Waals surface area (Å²) < 4.78 is 32.3. The van der Waals surface area contributed by atoms with Crippen molar-refractivity contribution in [1.82, 2.24) is 0 Å². The second-order valence-electron chi connectivity index (χ2n) is 3.86. The molecule has 0 bridgehead atoms. The highest BCUT2D eigenvalue weighted by atomic mass is 19.1. The van der Waals surface area contributed by atoms with E-state index in [0.717, 1.165) is 18.6 Å². The fraction of sp³-hybridized carbons (Fsp3) is 0.538. The van der Waals surface area contributed by atoms with Crippen molar-refractivity contribution in [1.29, 1.82) is 0 Å². The van der Waals surface area contributed by atoms with Crippen LogP contribution in [0.25, 0.3) is 0 Å². The molecule has 1 aromatic carbocycles. The summed E-state index contributed by atoms with van der Waals surface area (Å²) in [5.41, 5.74) is -0.306. The van der Waals surface area contributed by atoms with Crippen LogP contribution in [0.5, 0.6) is 0 Å². The largest absolute Gasteiger partial charge is 0.385 e. The molecule has 0 amide bonds. The molecule has 1 aromatic rings. The number of halogens is 2. The van der Waals surface area contributed by atoms with E-state index < -0.39 is 23.8 Å². The first-order valence-electron chi connectivity index (χ1n) is 5.85. The zero-order chi connectivity index (χ0) is 12.8. The number of rotatable bonds is 6. The van der Waals surface area contributed by atoms with E-state index in [-0.39, 0.29) is 5.56 Å². The zero-order valence-electron chi connectivity index (χ0n) is 10.1. The summed E-state index contributed by atoms with van der Waals surface area (Å²) in [6, 6.07) is 3.55. The van der Waals surface area contributed by atoms with E-state index in [0.29, 0.717) is 13.0 Å². The van der Waals surface area contributed by atoms with Crippen LogP contribution in [0.4, 0.5) is 8.78 Å². The predicted molar refractivity (Wildman–Crippen MR) is 61.6 cm³/mol. The number of ether oxygens (including phenoxy) is 1. The van der Waals surface area contributed by atoms with Gasteiger partial charge in [0.15, 0.2) is 0 Å². The van der Waals surface area contributed by atoms with Gasteiger partial charge in [0.1, 0.15) is 17.7 Å². The van der Waals surface area contributed by atoms with Crippen LogP contribution in [0, 0.1) is 11.6 Å². The highest BCUT2D eigenvalue weighted by molar-refractivity contribution is 5.23. The Labute approximate surface area is 100 Å². The molecule has 0 saturated carbocycles. The zero-order valence-corrected chi connectivity index (χ0v) is 10.1. The fourth-order valence-electron chi connectivity index (χ4n) is 1.81. The molecule has 0 aromatic heterocycles. The van der Waals surface area contributed by atoms with Gasteiger partial charge in [0, 0.05) is 6.61 Å². The van der Waals surface area contributed by atoms with Crippen LogP contribution < -0.4 is 0 Å². The van der Waals surface area contributed by atoms with E-state index in [1.54, 1.807) is 6.92 Å². The lowest BCUT2D eigenvalue weighted by molar-refractivity contribution is -0.0412. The Hall–Kier alpha value is -1.00. The topological polar surface area (TPSA) is 29.5 Å². The summed E-state index contributed by atoms with van der Waals surface area (Å²) in [6.07, 6.45) is -0.506. The molecule has 0 heterocycles. The van der Waals surface area contributed by atoms with Gasteiger partial charge in [-0.1, -0.05) is 19.4 Å². The standard InChI is InChI=1S/C13H18F2O2/c1-3-6-11(17-4-2)13(16)12-9(14)7-5-8-10(12)15/h5,7-8,11,13,16H,3-4,6H2,1-2H3. The molecule has 17 heavy (non-hydrogen) atoms. The van der Waals surface area contributed by atoms with Crippen molar-refractivity contribution in [3.8, 4) is 0 Å². The van der Waals surface area contributed by atoms with Crippen molar-refractivity contribution in [2.24, 2.45) is 0 Å². The number of hydrogen-bond acceptors (Lipinski definition) is 2. The lowest BCUT2D eigenvalue weighted by atomic mass is 10.00. The minimum atomic E-state index is -1.27. The van der Waals surface area contributed by atoms with Crippen LogP contribution in [0.2, 0.25) is 0 Å². The van der Waals surface area contributed by atoms with E-state index >= 15 is 0 Å². The van der Waals surface area contributed by atoms with E-state index in [1.165, 1.54) is 6.07 Å². The monoisotopic (exact) mass is 244 g/mol. The molecule has 0 aliphatic heterocycles. The van der Waals surface area contributed by atoms with Crippen LogP contribution in [0.15, 0.2) is 18.2 Å². The summed E-state index contributed by atoms with van der Waals surface area (Å²) in [5.74, 6) is -1.48. The molecule has 0 spiro atoms. The Morgan fingerprint density at radius 2 is 1.82 bits per heavy atom. The molecule has 0 saturated heterocycles. The molecule has 0 aliphatic carbocycles. The normalized spacial score (nSPS) is 14.6. The van der Waals surface area contributed by atoms with Gasteiger partial charge in [-0.3, -0.25) is 0 Å². The number of aliphatic hydroxyl groups is 1. The Kier molecular flexibility index (Phi) is 5.51. The van der Waals surface area contributed by atoms with E-state index in [4.69, 9.17) is 4.74 Å². The van der Waals surface area contributed by atoms with Crippen LogP contribution in [-0.4, -0.2) is 17.8 Å². The molecule has 2 unspecified atom stereocenters. The molecular weight excluding hydrogens is 226 g/mol. The van der Waals surface area contributed by atoms with Gasteiger partial charge in [-0.05, 0) is 25.5 Å². The van der Waals surface area contributed by atoms with Crippen molar-refractivity contribution in [3.63, 3.8) is 0 Å². The van der Waals surface area contributed by atoms with Crippen LogP contribution in [0.3, 0.4) is 0 Å². The summed E-state index contributed by atoms with van der Waals surface area (Å²) in [5, 5.41) is 10.00. The first-order chi connectivity index (χ1) is 8.11. The van der Waals surface area contributed by atoms with Crippen LogP contribution >= 0.6 is 0 Å². The molecule has 0 fully saturated rings. The van der Waals surface area contributed by atoms with E-state index in [2.05, 4.69) is 0 Å². The summed E-state index contributed by atoms with van der Waals surface area (Å²) in [6.45, 7) is 4.11.